The molecule has 0 saturated heterocycles. The lowest BCUT2D eigenvalue weighted by Gasteiger charge is -2.21. The molecule has 0 aliphatic carbocycles. The van der Waals surface area contributed by atoms with Crippen molar-refractivity contribution in [3.63, 3.8) is 0 Å². The first-order valence-electron chi connectivity index (χ1n) is 8.37. The number of hydrogen-bond acceptors (Lipinski definition) is 3. The second-order valence-electron chi connectivity index (χ2n) is 5.54. The molecule has 0 heterocycles. The van der Waals surface area contributed by atoms with Gasteiger partial charge in [-0.1, -0.05) is 36.4 Å². The summed E-state index contributed by atoms with van der Waals surface area (Å²) in [6.07, 6.45) is 1.63. The van der Waals surface area contributed by atoms with Gasteiger partial charge in [-0.2, -0.15) is 0 Å². The van der Waals surface area contributed by atoms with Crippen molar-refractivity contribution in [3.05, 3.63) is 60.7 Å². The van der Waals surface area contributed by atoms with Crippen LogP contribution in [0.4, 0.5) is 0 Å². The molecule has 0 fully saturated rings. The van der Waals surface area contributed by atoms with E-state index < -0.39 is 0 Å². The molecule has 4 nitrogen and oxygen atoms in total. The van der Waals surface area contributed by atoms with Crippen LogP contribution in [-0.4, -0.2) is 37.1 Å². The predicted molar refractivity (Wildman–Crippen MR) is 95.4 cm³/mol. The normalized spacial score (nSPS) is 10.2. The minimum absolute atomic E-state index is 0.0921. The minimum Gasteiger partial charge on any atom is -0.494 e. The zero-order valence-corrected chi connectivity index (χ0v) is 14.2. The molecule has 0 saturated carbocycles. The summed E-state index contributed by atoms with van der Waals surface area (Å²) < 4.78 is 11.3. The van der Waals surface area contributed by atoms with Crippen LogP contribution >= 0.6 is 0 Å². The Hall–Kier alpha value is -2.49. The fourth-order valence-corrected chi connectivity index (χ4v) is 2.35. The van der Waals surface area contributed by atoms with Crippen molar-refractivity contribution in [1.82, 2.24) is 4.90 Å². The molecule has 0 N–H and O–H groups in total. The summed E-state index contributed by atoms with van der Waals surface area (Å²) >= 11 is 0. The first-order valence-corrected chi connectivity index (χ1v) is 8.37. The highest BCUT2D eigenvalue weighted by Gasteiger charge is 2.08. The Morgan fingerprint density at radius 3 is 1.58 bits per heavy atom. The highest BCUT2D eigenvalue weighted by molar-refractivity contribution is 5.73. The summed E-state index contributed by atoms with van der Waals surface area (Å²) in [5.41, 5.74) is 0. The highest BCUT2D eigenvalue weighted by Crippen LogP contribution is 2.10. The summed E-state index contributed by atoms with van der Waals surface area (Å²) in [4.78, 5) is 13.6. The number of carbonyl (C=O) groups is 1. The van der Waals surface area contributed by atoms with Crippen molar-refractivity contribution in [2.75, 3.05) is 26.3 Å². The van der Waals surface area contributed by atoms with Crippen LogP contribution in [0.1, 0.15) is 19.8 Å². The molecule has 1 amide bonds. The average molecular weight is 327 g/mol. The van der Waals surface area contributed by atoms with Crippen molar-refractivity contribution in [3.8, 4) is 11.5 Å². The second-order valence-corrected chi connectivity index (χ2v) is 5.54. The number of rotatable bonds is 10. The van der Waals surface area contributed by atoms with E-state index in [0.29, 0.717) is 26.3 Å². The van der Waals surface area contributed by atoms with Crippen molar-refractivity contribution >= 4 is 5.91 Å². The third-order valence-electron chi connectivity index (χ3n) is 3.61. The van der Waals surface area contributed by atoms with Gasteiger partial charge in [0.25, 0.3) is 0 Å². The molecule has 0 aliphatic heterocycles. The zero-order chi connectivity index (χ0) is 17.0. The van der Waals surface area contributed by atoms with Crippen LogP contribution < -0.4 is 9.47 Å². The van der Waals surface area contributed by atoms with Crippen LogP contribution in [0.3, 0.4) is 0 Å². The van der Waals surface area contributed by atoms with E-state index in [2.05, 4.69) is 0 Å². The van der Waals surface area contributed by atoms with Crippen LogP contribution in [0.5, 0.6) is 11.5 Å². The van der Waals surface area contributed by atoms with Gasteiger partial charge in [-0.25, -0.2) is 0 Å². The van der Waals surface area contributed by atoms with Gasteiger partial charge in [0.1, 0.15) is 11.5 Å². The first kappa shape index (κ1) is 17.9. The van der Waals surface area contributed by atoms with Gasteiger partial charge < -0.3 is 14.4 Å². The Morgan fingerprint density at radius 2 is 1.21 bits per heavy atom. The third-order valence-corrected chi connectivity index (χ3v) is 3.61. The molecule has 0 spiro atoms. The van der Waals surface area contributed by atoms with Gasteiger partial charge in [0.15, 0.2) is 0 Å². The quantitative estimate of drug-likeness (QED) is 0.624. The van der Waals surface area contributed by atoms with E-state index >= 15 is 0 Å². The Balaban J connectivity index is 1.61. The van der Waals surface area contributed by atoms with Crippen molar-refractivity contribution < 1.29 is 14.3 Å². The zero-order valence-electron chi connectivity index (χ0n) is 14.2. The lowest BCUT2D eigenvalue weighted by molar-refractivity contribution is -0.129. The number of amides is 1. The van der Waals surface area contributed by atoms with E-state index in [0.717, 1.165) is 24.3 Å². The highest BCUT2D eigenvalue weighted by atomic mass is 16.5. The number of benzene rings is 2. The van der Waals surface area contributed by atoms with Gasteiger partial charge in [-0.3, -0.25) is 4.79 Å². The monoisotopic (exact) mass is 327 g/mol. The van der Waals surface area contributed by atoms with E-state index in [1.165, 1.54) is 0 Å². The summed E-state index contributed by atoms with van der Waals surface area (Å²) in [6.45, 7) is 4.22. The lowest BCUT2D eigenvalue weighted by atomic mass is 10.3. The molecule has 0 aliphatic rings. The third kappa shape index (κ3) is 6.73. The van der Waals surface area contributed by atoms with Crippen LogP contribution in [-0.2, 0) is 4.79 Å². The summed E-state index contributed by atoms with van der Waals surface area (Å²) in [5, 5.41) is 0. The van der Waals surface area contributed by atoms with Crippen LogP contribution in [0.25, 0.3) is 0 Å². The maximum atomic E-state index is 11.7. The van der Waals surface area contributed by atoms with Gasteiger partial charge in [-0.05, 0) is 37.1 Å². The molecule has 2 aromatic carbocycles. The largest absolute Gasteiger partial charge is 0.494 e. The molecule has 128 valence electrons. The SMILES string of the molecule is CC(=O)N(CCCOc1ccccc1)CCCOc1ccccc1. The number of carbonyl (C=O) groups excluding carboxylic acids is 1. The van der Waals surface area contributed by atoms with Crippen LogP contribution in [0.15, 0.2) is 60.7 Å². The fraction of sp³-hybridized carbons (Fsp3) is 0.350. The van der Waals surface area contributed by atoms with E-state index in [9.17, 15) is 4.79 Å². The molecule has 24 heavy (non-hydrogen) atoms. The van der Waals surface area contributed by atoms with E-state index in [-0.39, 0.29) is 5.91 Å². The Kier molecular flexibility index (Phi) is 7.68. The van der Waals surface area contributed by atoms with Gasteiger partial charge in [0.2, 0.25) is 5.91 Å². The molecule has 2 rings (SSSR count). The molecular weight excluding hydrogens is 302 g/mol. The van der Waals surface area contributed by atoms with Gasteiger partial charge in [0, 0.05) is 20.0 Å². The molecule has 0 atom stereocenters. The molecule has 2 aromatic rings. The first-order chi connectivity index (χ1) is 11.8. The fourth-order valence-electron chi connectivity index (χ4n) is 2.35. The standard InChI is InChI=1S/C20H25NO3/c1-18(22)21(14-8-16-23-19-10-4-2-5-11-19)15-9-17-24-20-12-6-3-7-13-20/h2-7,10-13H,8-9,14-17H2,1H3. The van der Waals surface area contributed by atoms with Crippen LogP contribution in [0.2, 0.25) is 0 Å². The van der Waals surface area contributed by atoms with Gasteiger partial charge in [-0.15, -0.1) is 0 Å². The molecule has 0 radical (unpaired) electrons. The molecule has 0 bridgehead atoms. The maximum Gasteiger partial charge on any atom is 0.219 e. The van der Waals surface area contributed by atoms with E-state index in [1.54, 1.807) is 6.92 Å². The predicted octanol–water partition coefficient (Wildman–Crippen LogP) is 3.77. The van der Waals surface area contributed by atoms with E-state index in [1.807, 2.05) is 65.6 Å². The topological polar surface area (TPSA) is 38.8 Å². The Labute approximate surface area is 144 Å². The van der Waals surface area contributed by atoms with Crippen molar-refractivity contribution in [1.29, 1.82) is 0 Å². The number of para-hydroxylation sites is 2. The summed E-state index contributed by atoms with van der Waals surface area (Å²) in [5.74, 6) is 1.82. The molecule has 0 aromatic heterocycles. The van der Waals surface area contributed by atoms with Crippen molar-refractivity contribution in [2.24, 2.45) is 0 Å². The summed E-state index contributed by atoms with van der Waals surface area (Å²) in [7, 11) is 0. The number of nitrogens with zero attached hydrogens (tertiary/aromatic N) is 1. The van der Waals surface area contributed by atoms with Gasteiger partial charge in [0.05, 0.1) is 13.2 Å². The maximum absolute atomic E-state index is 11.7. The smallest absolute Gasteiger partial charge is 0.219 e. The Bertz CT molecular complexity index is 539. The average Bonchev–Trinajstić information content (AvgIpc) is 2.62. The lowest BCUT2D eigenvalue weighted by Crippen LogP contribution is -2.32. The number of ether oxygens (including phenoxy) is 2. The Morgan fingerprint density at radius 1 is 0.792 bits per heavy atom. The van der Waals surface area contributed by atoms with Crippen molar-refractivity contribution in [2.45, 2.75) is 19.8 Å². The molecule has 0 unspecified atom stereocenters. The minimum atomic E-state index is 0.0921. The summed E-state index contributed by atoms with van der Waals surface area (Å²) in [6, 6.07) is 19.5. The second kappa shape index (κ2) is 10.3. The molecular formula is C20H25NO3. The van der Waals surface area contributed by atoms with Crippen LogP contribution in [0, 0.1) is 0 Å². The number of hydrogen-bond donors (Lipinski definition) is 0. The van der Waals surface area contributed by atoms with Gasteiger partial charge >= 0.3 is 0 Å². The van der Waals surface area contributed by atoms with E-state index in [4.69, 9.17) is 9.47 Å². The molecule has 4 heteroatoms.